The van der Waals surface area contributed by atoms with Crippen molar-refractivity contribution >= 4 is 62.6 Å². The molecule has 1 amide bonds. The van der Waals surface area contributed by atoms with E-state index < -0.39 is 40.1 Å². The van der Waals surface area contributed by atoms with Crippen molar-refractivity contribution in [3.8, 4) is 5.75 Å². The number of alkyl halides is 6. The van der Waals surface area contributed by atoms with Crippen LogP contribution in [0, 0.1) is 5.82 Å². The van der Waals surface area contributed by atoms with Crippen LogP contribution >= 0.6 is 11.6 Å². The zero-order chi connectivity index (χ0) is 42.1. The summed E-state index contributed by atoms with van der Waals surface area (Å²) in [5, 5.41) is 21.0. The highest BCUT2D eigenvalue weighted by Gasteiger charge is 2.39. The molecular formula is C33H29ClF7N7O8S. The highest BCUT2D eigenvalue weighted by molar-refractivity contribution is 7.89. The number of carbonyl (C=O) groups is 3. The van der Waals surface area contributed by atoms with Crippen LogP contribution in [0.5, 0.6) is 5.75 Å². The molecule has 4 heterocycles. The number of piperazine rings is 1. The van der Waals surface area contributed by atoms with Crippen LogP contribution in [0.2, 0.25) is 5.02 Å². The third-order valence-corrected chi connectivity index (χ3v) is 9.89. The summed E-state index contributed by atoms with van der Waals surface area (Å²) in [5.74, 6) is -5.25. The number of carboxylic acids is 2. The second kappa shape index (κ2) is 18.4. The summed E-state index contributed by atoms with van der Waals surface area (Å²) in [6.07, 6.45) is -3.92. The van der Waals surface area contributed by atoms with Crippen molar-refractivity contribution in [1.82, 2.24) is 24.2 Å². The molecule has 0 atom stereocenters. The Balaban J connectivity index is 0.000000440. The molecule has 0 aliphatic carbocycles. The number of halogens is 8. The molecule has 1 saturated heterocycles. The van der Waals surface area contributed by atoms with Crippen molar-refractivity contribution < 1.29 is 68.5 Å². The van der Waals surface area contributed by atoms with Crippen molar-refractivity contribution in [3.05, 3.63) is 89.1 Å². The number of ether oxygens (including phenoxy) is 1. The fraction of sp³-hybridized carbons (Fsp3) is 0.273. The van der Waals surface area contributed by atoms with Gasteiger partial charge >= 0.3 is 24.3 Å². The second-order valence-electron chi connectivity index (χ2n) is 11.7. The van der Waals surface area contributed by atoms with Gasteiger partial charge in [0.25, 0.3) is 5.91 Å². The van der Waals surface area contributed by atoms with Crippen LogP contribution in [0.25, 0.3) is 0 Å². The minimum atomic E-state index is -5.08. The highest BCUT2D eigenvalue weighted by Crippen LogP contribution is 2.30. The predicted octanol–water partition coefficient (Wildman–Crippen LogP) is 5.43. The number of fused-ring (bicyclic) bond motifs is 6. The van der Waals surface area contributed by atoms with Crippen LogP contribution in [-0.4, -0.2) is 106 Å². The molecule has 24 heteroatoms. The number of hydrogen-bond donors (Lipinski definition) is 4. The van der Waals surface area contributed by atoms with Crippen LogP contribution < -0.4 is 15.4 Å². The SMILES string of the molecule is O=C(COc1ccc2cc1CCc1cncc(c1)Nc1ncc(Cl)c(n1)N2)N1CCN(S(=O)(=O)c2ccccc2F)CC1.O=C(O)C(F)(F)F.O=C(O)C(F)(F)F. The molecule has 1 fully saturated rings. The molecule has 306 valence electrons. The first-order valence-electron chi connectivity index (χ1n) is 16.0. The Bertz CT molecular complexity index is 2180. The first kappa shape index (κ1) is 43.9. The number of carboxylic acid groups (broad SMARTS) is 2. The van der Waals surface area contributed by atoms with Gasteiger partial charge in [0, 0.05) is 38.1 Å². The van der Waals surface area contributed by atoms with Gasteiger partial charge in [0.05, 0.1) is 18.1 Å². The van der Waals surface area contributed by atoms with E-state index in [1.54, 1.807) is 23.4 Å². The van der Waals surface area contributed by atoms with Crippen molar-refractivity contribution in [2.75, 3.05) is 43.4 Å². The van der Waals surface area contributed by atoms with Gasteiger partial charge in [0.15, 0.2) is 12.4 Å². The molecule has 0 radical (unpaired) electrons. The highest BCUT2D eigenvalue weighted by atomic mass is 35.5. The summed E-state index contributed by atoms with van der Waals surface area (Å²) in [7, 11) is -4.00. The lowest BCUT2D eigenvalue weighted by Gasteiger charge is -2.34. The van der Waals surface area contributed by atoms with Crippen LogP contribution in [0.4, 0.5) is 53.9 Å². The first-order chi connectivity index (χ1) is 26.6. The summed E-state index contributed by atoms with van der Waals surface area (Å²) in [4.78, 5) is 45.1. The Labute approximate surface area is 323 Å². The molecular weight excluding hydrogens is 823 g/mol. The van der Waals surface area contributed by atoms with E-state index in [2.05, 4.69) is 25.6 Å². The number of aromatic nitrogens is 3. The normalized spacial score (nSPS) is 14.3. The van der Waals surface area contributed by atoms with E-state index in [1.807, 2.05) is 18.2 Å². The molecule has 2 aromatic carbocycles. The number of amides is 1. The number of nitrogens with one attached hydrogen (secondary N) is 2. The summed E-state index contributed by atoms with van der Waals surface area (Å²) in [5.41, 5.74) is 3.32. The molecule has 4 N–H and O–H groups in total. The third-order valence-electron chi connectivity index (χ3n) is 7.68. The Morgan fingerprint density at radius 3 is 2.09 bits per heavy atom. The van der Waals surface area contributed by atoms with Gasteiger partial charge in [-0.1, -0.05) is 23.7 Å². The molecule has 2 aliphatic heterocycles. The van der Waals surface area contributed by atoms with Crippen molar-refractivity contribution in [1.29, 1.82) is 0 Å². The lowest BCUT2D eigenvalue weighted by molar-refractivity contribution is -0.193. The predicted molar refractivity (Wildman–Crippen MR) is 186 cm³/mol. The van der Waals surface area contributed by atoms with Gasteiger partial charge in [-0.05, 0) is 60.4 Å². The average molecular weight is 852 g/mol. The van der Waals surface area contributed by atoms with Gasteiger partial charge in [-0.25, -0.2) is 27.4 Å². The molecule has 0 saturated carbocycles. The Morgan fingerprint density at radius 1 is 0.842 bits per heavy atom. The van der Waals surface area contributed by atoms with Crippen LogP contribution in [0.15, 0.2) is 72.0 Å². The standard InChI is InChI=1S/C29H27ClFN7O4S.2C2HF3O2/c30-23-17-33-29-35-22-13-19(15-32-16-22)5-6-20-14-21(34-28(23)36-29)7-8-25(20)42-18-27(39)37-9-11-38(12-10-37)43(40,41)26-4-2-1-3-24(26)31;2*3-2(4,5)1(6)7/h1-4,7-8,13-17H,5-6,9-12,18H2,(H2,33,34,35,36);2*(H,6,7). The maximum atomic E-state index is 14.2. The number of nitrogens with zero attached hydrogens (tertiary/aromatic N) is 5. The summed E-state index contributed by atoms with van der Waals surface area (Å²) < 4.78 is 111. The molecule has 6 rings (SSSR count). The maximum absolute atomic E-state index is 14.2. The van der Waals surface area contributed by atoms with Gasteiger partial charge in [0.2, 0.25) is 16.0 Å². The van der Waals surface area contributed by atoms with E-state index in [0.29, 0.717) is 35.4 Å². The molecule has 2 aliphatic rings. The Kier molecular flexibility index (Phi) is 14.2. The van der Waals surface area contributed by atoms with Gasteiger partial charge in [-0.15, -0.1) is 0 Å². The largest absolute Gasteiger partial charge is 0.490 e. The first-order valence-corrected chi connectivity index (χ1v) is 17.9. The molecule has 6 bridgehead atoms. The number of anilines is 4. The molecule has 15 nitrogen and oxygen atoms in total. The smallest absolute Gasteiger partial charge is 0.483 e. The molecule has 57 heavy (non-hydrogen) atoms. The number of hydrogen-bond acceptors (Lipinski definition) is 11. The summed E-state index contributed by atoms with van der Waals surface area (Å²) in [6, 6.07) is 12.8. The quantitative estimate of drug-likeness (QED) is 0.185. The van der Waals surface area contributed by atoms with E-state index in [9.17, 15) is 43.9 Å². The van der Waals surface area contributed by atoms with E-state index in [-0.39, 0.29) is 43.6 Å². The minimum Gasteiger partial charge on any atom is -0.483 e. The van der Waals surface area contributed by atoms with E-state index in [4.69, 9.17) is 36.1 Å². The second-order valence-corrected chi connectivity index (χ2v) is 14.0. The molecule has 4 aromatic rings. The van der Waals surface area contributed by atoms with E-state index in [1.165, 1.54) is 28.7 Å². The Hall–Kier alpha value is -5.81. The summed E-state index contributed by atoms with van der Waals surface area (Å²) >= 11 is 6.35. The van der Waals surface area contributed by atoms with Crippen LogP contribution in [0.3, 0.4) is 0 Å². The van der Waals surface area contributed by atoms with Gasteiger partial charge in [-0.2, -0.15) is 35.6 Å². The monoisotopic (exact) mass is 851 g/mol. The fourth-order valence-corrected chi connectivity index (χ4v) is 6.57. The van der Waals surface area contributed by atoms with Gasteiger partial charge < -0.3 is 30.5 Å². The summed E-state index contributed by atoms with van der Waals surface area (Å²) in [6.45, 7) is 0.240. The van der Waals surface area contributed by atoms with Crippen molar-refractivity contribution in [3.63, 3.8) is 0 Å². The molecule has 2 aromatic heterocycles. The number of sulfonamides is 1. The van der Waals surface area contributed by atoms with E-state index >= 15 is 0 Å². The molecule has 0 unspecified atom stereocenters. The number of rotatable bonds is 5. The lowest BCUT2D eigenvalue weighted by atomic mass is 10.0. The number of aliphatic carboxylic acids is 2. The van der Waals surface area contributed by atoms with Crippen molar-refractivity contribution in [2.24, 2.45) is 0 Å². The fourth-order valence-electron chi connectivity index (χ4n) is 4.95. The van der Waals surface area contributed by atoms with Crippen LogP contribution in [0.1, 0.15) is 11.1 Å². The molecule has 0 spiro atoms. The number of benzene rings is 2. The number of pyridine rings is 1. The lowest BCUT2D eigenvalue weighted by Crippen LogP contribution is -2.51. The Morgan fingerprint density at radius 2 is 1.47 bits per heavy atom. The van der Waals surface area contributed by atoms with E-state index in [0.717, 1.165) is 28.6 Å². The zero-order valence-corrected chi connectivity index (χ0v) is 30.4. The number of carbonyl (C=O) groups excluding carboxylic acids is 1. The van der Waals surface area contributed by atoms with Crippen molar-refractivity contribution in [2.45, 2.75) is 30.1 Å². The van der Waals surface area contributed by atoms with Gasteiger partial charge in [-0.3, -0.25) is 9.78 Å². The minimum absolute atomic E-state index is 0.0588. The van der Waals surface area contributed by atoms with Crippen LogP contribution in [-0.2, 0) is 37.2 Å². The number of aryl methyl sites for hydroxylation is 2. The third kappa shape index (κ3) is 12.3. The average Bonchev–Trinajstić information content (AvgIpc) is 3.15. The topological polar surface area (TPSA) is 204 Å². The van der Waals surface area contributed by atoms with Gasteiger partial charge in [0.1, 0.15) is 21.5 Å². The maximum Gasteiger partial charge on any atom is 0.490 e. The zero-order valence-electron chi connectivity index (χ0n) is 28.8.